The molecule has 0 unspecified atom stereocenters. The zero-order valence-corrected chi connectivity index (χ0v) is 12.0. The topological polar surface area (TPSA) is 87.3 Å². The average Bonchev–Trinajstić information content (AvgIpc) is 2.54. The summed E-state index contributed by atoms with van der Waals surface area (Å²) in [5.41, 5.74) is 6.39. The van der Waals surface area contributed by atoms with E-state index < -0.39 is 11.8 Å². The van der Waals surface area contributed by atoms with Crippen LogP contribution in [0.25, 0.3) is 12.2 Å². The molecule has 6 nitrogen and oxygen atoms in total. The Labute approximate surface area is 126 Å². The van der Waals surface area contributed by atoms with Crippen LogP contribution in [0.2, 0.25) is 0 Å². The Bertz CT molecular complexity index is 715. The second-order valence-electron chi connectivity index (χ2n) is 4.28. The van der Waals surface area contributed by atoms with Gasteiger partial charge < -0.3 is 15.2 Å². The van der Waals surface area contributed by atoms with E-state index in [0.29, 0.717) is 5.56 Å². The van der Waals surface area contributed by atoms with Crippen molar-refractivity contribution in [3.63, 3.8) is 0 Å². The lowest BCUT2D eigenvalue weighted by molar-refractivity contribution is 0.0600. The fourth-order valence-corrected chi connectivity index (χ4v) is 1.75. The van der Waals surface area contributed by atoms with Crippen molar-refractivity contribution < 1.29 is 18.7 Å². The Kier molecular flexibility index (Phi) is 4.67. The van der Waals surface area contributed by atoms with Crippen LogP contribution in [0.1, 0.15) is 21.5 Å². The Morgan fingerprint density at radius 2 is 1.91 bits per heavy atom. The van der Waals surface area contributed by atoms with Gasteiger partial charge in [-0.1, -0.05) is 12.2 Å². The Morgan fingerprint density at radius 1 is 1.23 bits per heavy atom. The van der Waals surface area contributed by atoms with Crippen LogP contribution in [0.3, 0.4) is 0 Å². The molecule has 0 aliphatic carbocycles. The minimum atomic E-state index is -0.581. The van der Waals surface area contributed by atoms with Crippen molar-refractivity contribution >= 4 is 24.1 Å². The van der Waals surface area contributed by atoms with E-state index in [9.17, 15) is 9.18 Å². The average molecular weight is 303 g/mol. The SMILES string of the molecule is COC(=O)c1cc(C=Cc2cnc(N)nc2)c(F)c(OC)c1. The number of methoxy groups -OCH3 is 2. The van der Waals surface area contributed by atoms with Crippen LogP contribution in [-0.4, -0.2) is 30.2 Å². The molecule has 0 amide bonds. The summed E-state index contributed by atoms with van der Waals surface area (Å²) in [7, 11) is 2.57. The third-order valence-corrected chi connectivity index (χ3v) is 2.86. The standard InChI is InChI=1S/C15H14FN3O3/c1-21-12-6-11(14(20)22-2)5-10(13(12)16)4-3-9-7-18-15(17)19-8-9/h3-8H,1-2H3,(H2,17,18,19). The minimum Gasteiger partial charge on any atom is -0.494 e. The number of hydrogen-bond donors (Lipinski definition) is 1. The lowest BCUT2D eigenvalue weighted by Crippen LogP contribution is -2.03. The van der Waals surface area contributed by atoms with Gasteiger partial charge in [-0.05, 0) is 12.1 Å². The van der Waals surface area contributed by atoms with Crippen molar-refractivity contribution in [2.24, 2.45) is 0 Å². The maximum Gasteiger partial charge on any atom is 0.338 e. The molecule has 0 fully saturated rings. The van der Waals surface area contributed by atoms with E-state index in [2.05, 4.69) is 14.7 Å². The van der Waals surface area contributed by atoms with E-state index in [1.54, 1.807) is 6.08 Å². The predicted octanol–water partition coefficient (Wildman–Crippen LogP) is 2.16. The van der Waals surface area contributed by atoms with Gasteiger partial charge in [0.15, 0.2) is 11.6 Å². The van der Waals surface area contributed by atoms with Gasteiger partial charge >= 0.3 is 5.97 Å². The molecule has 1 heterocycles. The van der Waals surface area contributed by atoms with E-state index in [1.807, 2.05) is 0 Å². The zero-order valence-electron chi connectivity index (χ0n) is 12.0. The smallest absolute Gasteiger partial charge is 0.338 e. The van der Waals surface area contributed by atoms with Gasteiger partial charge in [0.05, 0.1) is 19.8 Å². The first kappa shape index (κ1) is 15.4. The molecule has 22 heavy (non-hydrogen) atoms. The van der Waals surface area contributed by atoms with Crippen molar-refractivity contribution in [2.75, 3.05) is 20.0 Å². The van der Waals surface area contributed by atoms with Crippen LogP contribution in [0, 0.1) is 5.82 Å². The molecular formula is C15H14FN3O3. The molecule has 0 spiro atoms. The van der Waals surface area contributed by atoms with Gasteiger partial charge in [0.2, 0.25) is 5.95 Å². The highest BCUT2D eigenvalue weighted by atomic mass is 19.1. The van der Waals surface area contributed by atoms with E-state index in [0.717, 1.165) is 0 Å². The van der Waals surface area contributed by atoms with Gasteiger partial charge in [0, 0.05) is 23.5 Å². The van der Waals surface area contributed by atoms with Crippen LogP contribution in [0.5, 0.6) is 5.75 Å². The van der Waals surface area contributed by atoms with Gasteiger partial charge in [-0.25, -0.2) is 19.2 Å². The maximum atomic E-state index is 14.2. The molecule has 2 rings (SSSR count). The van der Waals surface area contributed by atoms with Crippen molar-refractivity contribution in [3.8, 4) is 5.75 Å². The summed E-state index contributed by atoms with van der Waals surface area (Å²) >= 11 is 0. The monoisotopic (exact) mass is 303 g/mol. The number of nitrogens with two attached hydrogens (primary N) is 1. The summed E-state index contributed by atoms with van der Waals surface area (Å²) in [5, 5.41) is 0. The molecule has 0 bridgehead atoms. The molecule has 0 atom stereocenters. The Hall–Kier alpha value is -2.96. The van der Waals surface area contributed by atoms with Crippen LogP contribution >= 0.6 is 0 Å². The first-order valence-corrected chi connectivity index (χ1v) is 6.26. The number of nitrogen functional groups attached to an aromatic ring is 1. The van der Waals surface area contributed by atoms with E-state index in [4.69, 9.17) is 10.5 Å². The molecule has 1 aromatic heterocycles. The maximum absolute atomic E-state index is 14.2. The second kappa shape index (κ2) is 6.66. The normalized spacial score (nSPS) is 10.7. The fraction of sp³-hybridized carbons (Fsp3) is 0.133. The number of halogens is 1. The number of ether oxygens (including phenoxy) is 2. The van der Waals surface area contributed by atoms with Crippen LogP contribution in [-0.2, 0) is 4.74 Å². The van der Waals surface area contributed by atoms with Crippen molar-refractivity contribution in [3.05, 3.63) is 47.0 Å². The number of hydrogen-bond acceptors (Lipinski definition) is 6. The number of carbonyl (C=O) groups excluding carboxylic acids is 1. The Morgan fingerprint density at radius 3 is 2.50 bits per heavy atom. The van der Waals surface area contributed by atoms with Crippen molar-refractivity contribution in [2.45, 2.75) is 0 Å². The van der Waals surface area contributed by atoms with Crippen LogP contribution < -0.4 is 10.5 Å². The molecule has 0 saturated heterocycles. The molecule has 0 aliphatic rings. The number of aromatic nitrogens is 2. The zero-order chi connectivity index (χ0) is 16.1. The van der Waals surface area contributed by atoms with Crippen LogP contribution in [0.4, 0.5) is 10.3 Å². The molecule has 2 N–H and O–H groups in total. The number of carbonyl (C=O) groups is 1. The third kappa shape index (κ3) is 3.38. The molecule has 0 radical (unpaired) electrons. The molecule has 2 aromatic rings. The lowest BCUT2D eigenvalue weighted by atomic mass is 10.1. The van der Waals surface area contributed by atoms with Gasteiger partial charge in [0.1, 0.15) is 0 Å². The van der Waals surface area contributed by atoms with Crippen molar-refractivity contribution in [1.29, 1.82) is 0 Å². The summed E-state index contributed by atoms with van der Waals surface area (Å²) in [4.78, 5) is 19.3. The third-order valence-electron chi connectivity index (χ3n) is 2.86. The first-order valence-electron chi connectivity index (χ1n) is 6.26. The van der Waals surface area contributed by atoms with Gasteiger partial charge in [-0.3, -0.25) is 0 Å². The largest absolute Gasteiger partial charge is 0.494 e. The number of nitrogens with zero attached hydrogens (tertiary/aromatic N) is 2. The highest BCUT2D eigenvalue weighted by molar-refractivity contribution is 5.91. The van der Waals surface area contributed by atoms with Crippen LogP contribution in [0.15, 0.2) is 24.5 Å². The van der Waals surface area contributed by atoms with E-state index >= 15 is 0 Å². The van der Waals surface area contributed by atoms with E-state index in [1.165, 1.54) is 44.8 Å². The number of benzene rings is 1. The van der Waals surface area contributed by atoms with E-state index in [-0.39, 0.29) is 22.8 Å². The molecule has 0 saturated carbocycles. The number of anilines is 1. The summed E-state index contributed by atoms with van der Waals surface area (Å²) in [6, 6.07) is 2.66. The fourth-order valence-electron chi connectivity index (χ4n) is 1.75. The summed E-state index contributed by atoms with van der Waals surface area (Å²) < 4.78 is 23.8. The second-order valence-corrected chi connectivity index (χ2v) is 4.28. The van der Waals surface area contributed by atoms with Gasteiger partial charge in [0.25, 0.3) is 0 Å². The lowest BCUT2D eigenvalue weighted by Gasteiger charge is -2.08. The molecule has 1 aromatic carbocycles. The molecule has 7 heteroatoms. The number of rotatable bonds is 4. The Balaban J connectivity index is 2.40. The highest BCUT2D eigenvalue weighted by Gasteiger charge is 2.14. The highest BCUT2D eigenvalue weighted by Crippen LogP contribution is 2.25. The molecular weight excluding hydrogens is 289 g/mol. The van der Waals surface area contributed by atoms with Gasteiger partial charge in [-0.2, -0.15) is 0 Å². The first-order chi connectivity index (χ1) is 10.5. The summed E-state index contributed by atoms with van der Waals surface area (Å²) in [6.07, 6.45) is 6.08. The van der Waals surface area contributed by atoms with Crippen molar-refractivity contribution in [1.82, 2.24) is 9.97 Å². The summed E-state index contributed by atoms with van der Waals surface area (Å²) in [6.45, 7) is 0. The minimum absolute atomic E-state index is 0.0453. The predicted molar refractivity (Wildman–Crippen MR) is 79.7 cm³/mol. The number of esters is 1. The summed E-state index contributed by atoms with van der Waals surface area (Å²) in [5.74, 6) is -1.06. The molecule has 114 valence electrons. The molecule has 0 aliphatic heterocycles. The quantitative estimate of drug-likeness (QED) is 0.871. The van der Waals surface area contributed by atoms with Gasteiger partial charge in [-0.15, -0.1) is 0 Å².